The molecule has 0 amide bonds. The number of hydrogen-bond donors (Lipinski definition) is 0. The van der Waals surface area contributed by atoms with Crippen LogP contribution in [0.25, 0.3) is 12.2 Å². The quantitative estimate of drug-likeness (QED) is 0.465. The largest absolute Gasteiger partial charge is 0.426 e. The van der Waals surface area contributed by atoms with E-state index in [1.165, 1.54) is 0 Å². The maximum Gasteiger partial charge on any atom is 0.313 e. The van der Waals surface area contributed by atoms with E-state index in [4.69, 9.17) is 4.74 Å². The molecule has 0 spiro atoms. The maximum atomic E-state index is 11.5. The number of carbonyl (C=O) groups is 1. The summed E-state index contributed by atoms with van der Waals surface area (Å²) in [6.07, 6.45) is 4.08. The van der Waals surface area contributed by atoms with E-state index in [1.54, 1.807) is 0 Å². The van der Waals surface area contributed by atoms with E-state index in [0.29, 0.717) is 5.75 Å². The number of benzene rings is 2. The minimum absolute atomic E-state index is 0.118. The molecule has 0 aliphatic heterocycles. The Hall–Kier alpha value is -2.35. The molecule has 0 radical (unpaired) electrons. The van der Waals surface area contributed by atoms with Crippen LogP contribution < -0.4 is 4.74 Å². The van der Waals surface area contributed by atoms with Gasteiger partial charge in [-0.25, -0.2) is 0 Å². The highest BCUT2D eigenvalue weighted by molar-refractivity contribution is 5.74. The molecule has 2 rings (SSSR count). The summed E-state index contributed by atoms with van der Waals surface area (Å²) in [5.74, 6) is 0.255. The van der Waals surface area contributed by atoms with E-state index in [1.807, 2.05) is 62.4 Å². The molecule has 0 saturated carbocycles. The summed E-state index contributed by atoms with van der Waals surface area (Å²) in [6, 6.07) is 17.6. The lowest BCUT2D eigenvalue weighted by Crippen LogP contribution is -2.14. The van der Waals surface area contributed by atoms with Gasteiger partial charge in [-0.3, -0.25) is 4.79 Å². The Kier molecular flexibility index (Phi) is 4.72. The van der Waals surface area contributed by atoms with Gasteiger partial charge < -0.3 is 4.74 Å². The second-order valence-electron chi connectivity index (χ2n) is 4.89. The number of ether oxygens (including phenoxy) is 1. The van der Waals surface area contributed by atoms with Crippen LogP contribution in [0, 0.1) is 5.92 Å². The van der Waals surface area contributed by atoms with Crippen molar-refractivity contribution in [2.75, 3.05) is 0 Å². The summed E-state index contributed by atoms with van der Waals surface area (Å²) in [5.41, 5.74) is 2.22. The van der Waals surface area contributed by atoms with Gasteiger partial charge in [0, 0.05) is 0 Å². The van der Waals surface area contributed by atoms with E-state index in [0.717, 1.165) is 11.1 Å². The molecule has 2 aromatic carbocycles. The summed E-state index contributed by atoms with van der Waals surface area (Å²) < 4.78 is 5.23. The summed E-state index contributed by atoms with van der Waals surface area (Å²) in [7, 11) is 0. The molecular formula is C18H18O2. The normalized spacial score (nSPS) is 10.9. The molecule has 2 heteroatoms. The molecule has 0 N–H and O–H groups in total. The molecule has 2 aromatic rings. The Morgan fingerprint density at radius 2 is 1.45 bits per heavy atom. The summed E-state index contributed by atoms with van der Waals surface area (Å²) in [5, 5.41) is 0. The van der Waals surface area contributed by atoms with Crippen LogP contribution in [-0.2, 0) is 4.79 Å². The SMILES string of the molecule is CC(C)C(=O)Oc1ccc(/C=C/c2ccccc2)cc1. The van der Waals surface area contributed by atoms with Crippen LogP contribution in [0.15, 0.2) is 54.6 Å². The van der Waals surface area contributed by atoms with E-state index in [2.05, 4.69) is 18.2 Å². The van der Waals surface area contributed by atoms with Crippen molar-refractivity contribution in [1.29, 1.82) is 0 Å². The van der Waals surface area contributed by atoms with Crippen molar-refractivity contribution in [2.24, 2.45) is 5.92 Å². The van der Waals surface area contributed by atoms with Crippen molar-refractivity contribution in [3.8, 4) is 5.75 Å². The second kappa shape index (κ2) is 6.71. The Labute approximate surface area is 119 Å². The Balaban J connectivity index is 2.02. The van der Waals surface area contributed by atoms with E-state index in [9.17, 15) is 4.79 Å². The third kappa shape index (κ3) is 4.09. The molecular weight excluding hydrogens is 248 g/mol. The van der Waals surface area contributed by atoms with Gasteiger partial charge in [0.25, 0.3) is 0 Å². The van der Waals surface area contributed by atoms with E-state index < -0.39 is 0 Å². The van der Waals surface area contributed by atoms with Crippen LogP contribution in [0.4, 0.5) is 0 Å². The Bertz CT molecular complexity index is 581. The average molecular weight is 266 g/mol. The predicted molar refractivity (Wildman–Crippen MR) is 82.3 cm³/mol. The van der Waals surface area contributed by atoms with Gasteiger partial charge in [0.15, 0.2) is 0 Å². The first-order chi connectivity index (χ1) is 9.65. The standard InChI is InChI=1S/C18H18O2/c1-14(2)18(19)20-17-12-10-16(11-13-17)9-8-15-6-4-3-5-7-15/h3-14H,1-2H3/b9-8+. The van der Waals surface area contributed by atoms with Crippen LogP contribution in [0.2, 0.25) is 0 Å². The first-order valence-corrected chi connectivity index (χ1v) is 6.70. The zero-order valence-electron chi connectivity index (χ0n) is 11.7. The first kappa shape index (κ1) is 14.1. The van der Waals surface area contributed by atoms with Gasteiger partial charge in [0.1, 0.15) is 5.75 Å². The highest BCUT2D eigenvalue weighted by Crippen LogP contribution is 2.15. The fraction of sp³-hybridized carbons (Fsp3) is 0.167. The molecule has 0 atom stereocenters. The van der Waals surface area contributed by atoms with Crippen LogP contribution in [0.1, 0.15) is 25.0 Å². The second-order valence-corrected chi connectivity index (χ2v) is 4.89. The predicted octanol–water partition coefficient (Wildman–Crippen LogP) is 4.42. The number of hydrogen-bond acceptors (Lipinski definition) is 2. The molecule has 0 heterocycles. The lowest BCUT2D eigenvalue weighted by molar-refractivity contribution is -0.137. The van der Waals surface area contributed by atoms with Crippen LogP contribution in [-0.4, -0.2) is 5.97 Å². The monoisotopic (exact) mass is 266 g/mol. The molecule has 0 saturated heterocycles. The molecule has 0 aliphatic rings. The molecule has 2 nitrogen and oxygen atoms in total. The summed E-state index contributed by atoms with van der Waals surface area (Å²) in [4.78, 5) is 11.5. The van der Waals surface area contributed by atoms with Gasteiger partial charge >= 0.3 is 5.97 Å². The number of esters is 1. The van der Waals surface area contributed by atoms with Gasteiger partial charge in [-0.1, -0.05) is 68.5 Å². The highest BCUT2D eigenvalue weighted by atomic mass is 16.5. The number of rotatable bonds is 4. The number of carbonyl (C=O) groups excluding carboxylic acids is 1. The third-order valence-electron chi connectivity index (χ3n) is 2.84. The van der Waals surface area contributed by atoms with Crippen molar-refractivity contribution < 1.29 is 9.53 Å². The highest BCUT2D eigenvalue weighted by Gasteiger charge is 2.08. The zero-order chi connectivity index (χ0) is 14.4. The fourth-order valence-electron chi connectivity index (χ4n) is 1.64. The first-order valence-electron chi connectivity index (χ1n) is 6.70. The van der Waals surface area contributed by atoms with Crippen LogP contribution in [0.3, 0.4) is 0 Å². The van der Waals surface area contributed by atoms with Gasteiger partial charge in [-0.05, 0) is 23.3 Å². The minimum atomic E-state index is -0.211. The molecule has 0 bridgehead atoms. The lowest BCUT2D eigenvalue weighted by Gasteiger charge is -2.06. The Morgan fingerprint density at radius 1 is 0.900 bits per heavy atom. The summed E-state index contributed by atoms with van der Waals surface area (Å²) >= 11 is 0. The van der Waals surface area contributed by atoms with E-state index >= 15 is 0 Å². The van der Waals surface area contributed by atoms with Gasteiger partial charge in [-0.2, -0.15) is 0 Å². The topological polar surface area (TPSA) is 26.3 Å². The van der Waals surface area contributed by atoms with Crippen molar-refractivity contribution in [3.05, 3.63) is 65.7 Å². The van der Waals surface area contributed by atoms with Gasteiger partial charge in [0.05, 0.1) is 5.92 Å². The fourth-order valence-corrected chi connectivity index (χ4v) is 1.64. The zero-order valence-corrected chi connectivity index (χ0v) is 11.7. The molecule has 0 aromatic heterocycles. The maximum absolute atomic E-state index is 11.5. The van der Waals surface area contributed by atoms with Crippen molar-refractivity contribution in [3.63, 3.8) is 0 Å². The van der Waals surface area contributed by atoms with Crippen molar-refractivity contribution in [2.45, 2.75) is 13.8 Å². The molecule has 20 heavy (non-hydrogen) atoms. The molecule has 102 valence electrons. The lowest BCUT2D eigenvalue weighted by atomic mass is 10.1. The smallest absolute Gasteiger partial charge is 0.313 e. The average Bonchev–Trinajstić information content (AvgIpc) is 2.47. The molecule has 0 aliphatic carbocycles. The molecule has 0 unspecified atom stereocenters. The van der Waals surface area contributed by atoms with Crippen LogP contribution in [0.5, 0.6) is 5.75 Å². The van der Waals surface area contributed by atoms with Gasteiger partial charge in [0.2, 0.25) is 0 Å². The third-order valence-corrected chi connectivity index (χ3v) is 2.84. The minimum Gasteiger partial charge on any atom is -0.426 e. The van der Waals surface area contributed by atoms with E-state index in [-0.39, 0.29) is 11.9 Å². The van der Waals surface area contributed by atoms with Gasteiger partial charge in [-0.15, -0.1) is 0 Å². The molecule has 0 fully saturated rings. The van der Waals surface area contributed by atoms with Crippen LogP contribution >= 0.6 is 0 Å². The summed E-state index contributed by atoms with van der Waals surface area (Å²) in [6.45, 7) is 3.64. The van der Waals surface area contributed by atoms with Crippen molar-refractivity contribution in [1.82, 2.24) is 0 Å². The van der Waals surface area contributed by atoms with Crippen molar-refractivity contribution >= 4 is 18.1 Å². The Morgan fingerprint density at radius 3 is 2.00 bits per heavy atom.